The third-order valence-corrected chi connectivity index (χ3v) is 4.19. The summed E-state index contributed by atoms with van der Waals surface area (Å²) < 4.78 is 34.0. The molecule has 2 heterocycles. The standard InChI is InChI=1S/C16H19F2N3O2/c1-19-9-12-10-21(16(22)23-12)11-7-13(17)15(14(18)8-11)20-5-3-2-4-6-20/h7-8,12H,1-6,9-10H2/t12-/m0/s1. The highest BCUT2D eigenvalue weighted by atomic mass is 19.1. The van der Waals surface area contributed by atoms with E-state index in [0.29, 0.717) is 13.1 Å². The zero-order valence-electron chi connectivity index (χ0n) is 12.8. The average Bonchev–Trinajstić information content (AvgIpc) is 2.89. The van der Waals surface area contributed by atoms with Crippen LogP contribution in [-0.2, 0) is 4.74 Å². The number of carbonyl (C=O) groups excluding carboxylic acids is 1. The predicted molar refractivity (Wildman–Crippen MR) is 84.5 cm³/mol. The van der Waals surface area contributed by atoms with E-state index in [-0.39, 0.29) is 24.5 Å². The zero-order valence-corrected chi connectivity index (χ0v) is 12.8. The molecular formula is C16H19F2N3O2. The lowest BCUT2D eigenvalue weighted by atomic mass is 10.1. The molecule has 2 fully saturated rings. The predicted octanol–water partition coefficient (Wildman–Crippen LogP) is 2.98. The average molecular weight is 323 g/mol. The monoisotopic (exact) mass is 323 g/mol. The van der Waals surface area contributed by atoms with Gasteiger partial charge in [-0.1, -0.05) is 0 Å². The van der Waals surface area contributed by atoms with E-state index in [1.165, 1.54) is 17.0 Å². The molecule has 124 valence electrons. The molecule has 2 saturated heterocycles. The van der Waals surface area contributed by atoms with Crippen LogP contribution in [0, 0.1) is 11.6 Å². The first-order valence-corrected chi connectivity index (χ1v) is 7.75. The minimum atomic E-state index is -0.653. The minimum absolute atomic E-state index is 0.00896. The number of aliphatic imine (C=N–C) groups is 1. The summed E-state index contributed by atoms with van der Waals surface area (Å²) in [5.74, 6) is -1.31. The van der Waals surface area contributed by atoms with E-state index in [1.54, 1.807) is 4.90 Å². The lowest BCUT2D eigenvalue weighted by molar-refractivity contribution is 0.145. The molecular weight excluding hydrogens is 304 g/mol. The number of ether oxygens (including phenoxy) is 1. The van der Waals surface area contributed by atoms with Gasteiger partial charge in [0, 0.05) is 25.2 Å². The fraction of sp³-hybridized carbons (Fsp3) is 0.500. The van der Waals surface area contributed by atoms with Gasteiger partial charge < -0.3 is 9.64 Å². The van der Waals surface area contributed by atoms with Gasteiger partial charge in [0.25, 0.3) is 0 Å². The third kappa shape index (κ3) is 3.13. The van der Waals surface area contributed by atoms with Gasteiger partial charge in [0.2, 0.25) is 0 Å². The molecule has 2 aliphatic heterocycles. The Balaban J connectivity index is 1.84. The van der Waals surface area contributed by atoms with Crippen LogP contribution in [0.15, 0.2) is 17.1 Å². The van der Waals surface area contributed by atoms with Gasteiger partial charge in [-0.25, -0.2) is 13.6 Å². The molecule has 2 aliphatic rings. The summed E-state index contributed by atoms with van der Waals surface area (Å²) >= 11 is 0. The van der Waals surface area contributed by atoms with E-state index in [0.717, 1.165) is 19.3 Å². The van der Waals surface area contributed by atoms with Crippen LogP contribution in [-0.4, -0.2) is 45.1 Å². The molecule has 0 saturated carbocycles. The molecule has 0 spiro atoms. The number of rotatable bonds is 4. The third-order valence-electron chi connectivity index (χ3n) is 4.19. The fourth-order valence-corrected chi connectivity index (χ4v) is 3.10. The van der Waals surface area contributed by atoms with Gasteiger partial charge >= 0.3 is 6.09 Å². The molecule has 1 aromatic rings. The van der Waals surface area contributed by atoms with Crippen molar-refractivity contribution in [2.24, 2.45) is 4.99 Å². The fourth-order valence-electron chi connectivity index (χ4n) is 3.10. The van der Waals surface area contributed by atoms with E-state index in [2.05, 4.69) is 11.7 Å². The molecule has 7 heteroatoms. The molecule has 5 nitrogen and oxygen atoms in total. The van der Waals surface area contributed by atoms with Crippen molar-refractivity contribution in [1.29, 1.82) is 0 Å². The minimum Gasteiger partial charge on any atom is -0.442 e. The topological polar surface area (TPSA) is 45.1 Å². The molecule has 23 heavy (non-hydrogen) atoms. The Hall–Kier alpha value is -2.18. The van der Waals surface area contributed by atoms with Crippen LogP contribution < -0.4 is 9.80 Å². The second kappa shape index (κ2) is 6.52. The van der Waals surface area contributed by atoms with E-state index in [9.17, 15) is 13.6 Å². The summed E-state index contributed by atoms with van der Waals surface area (Å²) in [6.07, 6.45) is 1.87. The maximum absolute atomic E-state index is 14.4. The number of benzene rings is 1. The first-order valence-electron chi connectivity index (χ1n) is 7.75. The van der Waals surface area contributed by atoms with Crippen LogP contribution in [0.2, 0.25) is 0 Å². The summed E-state index contributed by atoms with van der Waals surface area (Å²) in [6, 6.07) is 2.38. The second-order valence-corrected chi connectivity index (χ2v) is 5.83. The number of piperidine rings is 1. The van der Waals surface area contributed by atoms with Crippen LogP contribution in [0.3, 0.4) is 0 Å². The van der Waals surface area contributed by atoms with Gasteiger partial charge in [0.15, 0.2) is 11.6 Å². The van der Waals surface area contributed by atoms with Gasteiger partial charge in [0.05, 0.1) is 18.8 Å². The van der Waals surface area contributed by atoms with E-state index >= 15 is 0 Å². The number of hydrogen-bond acceptors (Lipinski definition) is 4. The van der Waals surface area contributed by atoms with Crippen molar-refractivity contribution in [2.45, 2.75) is 25.4 Å². The molecule has 3 rings (SSSR count). The lowest BCUT2D eigenvalue weighted by Crippen LogP contribution is -2.31. The molecule has 1 atom stereocenters. The number of hydrogen-bond donors (Lipinski definition) is 0. The SMILES string of the molecule is C=NC[C@H]1CN(c2cc(F)c(N3CCCCC3)c(F)c2)C(=O)O1. The van der Waals surface area contributed by atoms with Crippen molar-refractivity contribution in [3.8, 4) is 0 Å². The van der Waals surface area contributed by atoms with Crippen LogP contribution in [0.25, 0.3) is 0 Å². The molecule has 1 amide bonds. The van der Waals surface area contributed by atoms with Crippen LogP contribution in [0.5, 0.6) is 0 Å². The number of nitrogens with zero attached hydrogens (tertiary/aromatic N) is 3. The van der Waals surface area contributed by atoms with Crippen LogP contribution in [0.1, 0.15) is 19.3 Å². The van der Waals surface area contributed by atoms with E-state index < -0.39 is 23.8 Å². The zero-order chi connectivity index (χ0) is 16.4. The van der Waals surface area contributed by atoms with Crippen molar-refractivity contribution in [3.63, 3.8) is 0 Å². The van der Waals surface area contributed by atoms with Crippen molar-refractivity contribution in [1.82, 2.24) is 0 Å². The maximum Gasteiger partial charge on any atom is 0.414 e. The number of anilines is 2. The Bertz CT molecular complexity index is 594. The lowest BCUT2D eigenvalue weighted by Gasteiger charge is -2.29. The van der Waals surface area contributed by atoms with Crippen molar-refractivity contribution < 1.29 is 18.3 Å². The maximum atomic E-state index is 14.4. The van der Waals surface area contributed by atoms with Gasteiger partial charge in [-0.2, -0.15) is 0 Å². The van der Waals surface area contributed by atoms with Gasteiger partial charge in [-0.15, -0.1) is 0 Å². The number of halogens is 2. The molecule has 1 aromatic carbocycles. The summed E-state index contributed by atoms with van der Waals surface area (Å²) in [7, 11) is 0. The normalized spacial score (nSPS) is 21.5. The summed E-state index contributed by atoms with van der Waals surface area (Å²) in [5, 5.41) is 0. The Morgan fingerprint density at radius 3 is 2.48 bits per heavy atom. The quantitative estimate of drug-likeness (QED) is 0.800. The van der Waals surface area contributed by atoms with Crippen LogP contribution >= 0.6 is 0 Å². The highest BCUT2D eigenvalue weighted by Crippen LogP contribution is 2.32. The highest BCUT2D eigenvalue weighted by molar-refractivity contribution is 5.90. The molecule has 0 aromatic heterocycles. The molecule has 0 N–H and O–H groups in total. The first-order chi connectivity index (χ1) is 11.1. The number of cyclic esters (lactones) is 1. The van der Waals surface area contributed by atoms with Gasteiger partial charge in [0.1, 0.15) is 11.8 Å². The molecule has 0 unspecified atom stereocenters. The largest absolute Gasteiger partial charge is 0.442 e. The molecule has 0 radical (unpaired) electrons. The van der Waals surface area contributed by atoms with Crippen molar-refractivity contribution >= 4 is 24.2 Å². The first kappa shape index (κ1) is 15.7. The molecule has 0 aliphatic carbocycles. The smallest absolute Gasteiger partial charge is 0.414 e. The number of carbonyl (C=O) groups is 1. The Labute approximate surface area is 133 Å². The van der Waals surface area contributed by atoms with Crippen molar-refractivity contribution in [3.05, 3.63) is 23.8 Å². The number of amides is 1. The van der Waals surface area contributed by atoms with E-state index in [1.807, 2.05) is 0 Å². The Morgan fingerprint density at radius 2 is 1.87 bits per heavy atom. The Kier molecular flexibility index (Phi) is 4.45. The van der Waals surface area contributed by atoms with Crippen LogP contribution in [0.4, 0.5) is 25.0 Å². The second-order valence-electron chi connectivity index (χ2n) is 5.83. The molecule has 0 bridgehead atoms. The van der Waals surface area contributed by atoms with Gasteiger partial charge in [-0.3, -0.25) is 9.89 Å². The van der Waals surface area contributed by atoms with Gasteiger partial charge in [-0.05, 0) is 26.0 Å². The highest BCUT2D eigenvalue weighted by Gasteiger charge is 2.33. The summed E-state index contributed by atoms with van der Waals surface area (Å²) in [6.45, 7) is 5.11. The summed E-state index contributed by atoms with van der Waals surface area (Å²) in [4.78, 5) is 18.5. The Morgan fingerprint density at radius 1 is 1.22 bits per heavy atom. The summed E-state index contributed by atoms with van der Waals surface area (Å²) in [5.41, 5.74) is 0.155. The van der Waals surface area contributed by atoms with E-state index in [4.69, 9.17) is 4.74 Å². The van der Waals surface area contributed by atoms with Crippen molar-refractivity contribution in [2.75, 3.05) is 36.0 Å².